The zero-order valence-corrected chi connectivity index (χ0v) is 18.6. The van der Waals surface area contributed by atoms with Crippen LogP contribution in [0.5, 0.6) is 17.2 Å². The summed E-state index contributed by atoms with van der Waals surface area (Å²) < 4.78 is 15.9. The molecule has 0 radical (unpaired) electrons. The number of nitrogens with one attached hydrogen (secondary N) is 2. The zero-order chi connectivity index (χ0) is 22.5. The molecule has 2 aromatic rings. The van der Waals surface area contributed by atoms with Crippen molar-refractivity contribution in [3.8, 4) is 17.2 Å². The molecular weight excluding hydrogens is 434 g/mol. The summed E-state index contributed by atoms with van der Waals surface area (Å²) in [6.45, 7) is 1.80. The number of hydrogen-bond acceptors (Lipinski definition) is 6. The van der Waals surface area contributed by atoms with Gasteiger partial charge >= 0.3 is 0 Å². The third-order valence-corrected chi connectivity index (χ3v) is 5.91. The molecule has 0 unspecified atom stereocenters. The Morgan fingerprint density at radius 1 is 1.12 bits per heavy atom. The van der Waals surface area contributed by atoms with Gasteiger partial charge in [-0.05, 0) is 43.2 Å². The molecular formula is C23H26ClN3O5. The van der Waals surface area contributed by atoms with Crippen molar-refractivity contribution in [1.82, 2.24) is 4.90 Å². The van der Waals surface area contributed by atoms with Gasteiger partial charge in [0.25, 0.3) is 0 Å². The first-order valence-corrected chi connectivity index (χ1v) is 11.0. The summed E-state index contributed by atoms with van der Waals surface area (Å²) in [5.74, 6) is 1.89. The van der Waals surface area contributed by atoms with Crippen molar-refractivity contribution in [2.75, 3.05) is 44.2 Å². The number of carbonyl (C=O) groups excluding carboxylic acids is 2. The van der Waals surface area contributed by atoms with Crippen molar-refractivity contribution in [2.45, 2.75) is 19.3 Å². The summed E-state index contributed by atoms with van der Waals surface area (Å²) in [5, 5.41) is 6.75. The number of carbonyl (C=O) groups is 2. The van der Waals surface area contributed by atoms with Gasteiger partial charge in [0.1, 0.15) is 5.75 Å². The van der Waals surface area contributed by atoms with E-state index in [0.29, 0.717) is 66.9 Å². The van der Waals surface area contributed by atoms with Crippen LogP contribution >= 0.6 is 11.6 Å². The summed E-state index contributed by atoms with van der Waals surface area (Å²) in [6.07, 6.45) is 1.62. The van der Waals surface area contributed by atoms with E-state index in [-0.39, 0.29) is 24.5 Å². The summed E-state index contributed by atoms with van der Waals surface area (Å²) in [6, 6.07) is 10.7. The zero-order valence-electron chi connectivity index (χ0n) is 17.9. The molecule has 1 fully saturated rings. The number of ether oxygens (including phenoxy) is 3. The molecule has 2 aromatic carbocycles. The number of fused-ring (bicyclic) bond motifs is 1. The fraction of sp³-hybridized carbons (Fsp3) is 0.391. The number of rotatable bonds is 7. The predicted octanol–water partition coefficient (Wildman–Crippen LogP) is 3.76. The van der Waals surface area contributed by atoms with Crippen molar-refractivity contribution in [1.29, 1.82) is 0 Å². The Hall–Kier alpha value is -3.13. The molecule has 0 atom stereocenters. The number of halogens is 1. The van der Waals surface area contributed by atoms with E-state index in [1.807, 2.05) is 4.90 Å². The van der Waals surface area contributed by atoms with Crippen LogP contribution in [0.15, 0.2) is 36.4 Å². The number of benzene rings is 2. The van der Waals surface area contributed by atoms with Crippen molar-refractivity contribution in [2.24, 2.45) is 5.92 Å². The largest absolute Gasteiger partial charge is 0.495 e. The van der Waals surface area contributed by atoms with Crippen molar-refractivity contribution in [3.05, 3.63) is 41.4 Å². The van der Waals surface area contributed by atoms with Crippen molar-refractivity contribution in [3.63, 3.8) is 0 Å². The van der Waals surface area contributed by atoms with Crippen LogP contribution in [0.2, 0.25) is 5.02 Å². The van der Waals surface area contributed by atoms with Gasteiger partial charge in [0, 0.05) is 48.7 Å². The minimum atomic E-state index is -0.127. The summed E-state index contributed by atoms with van der Waals surface area (Å²) in [7, 11) is 1.59. The lowest BCUT2D eigenvalue weighted by molar-refractivity contribution is -0.134. The van der Waals surface area contributed by atoms with Crippen LogP contribution in [0.4, 0.5) is 11.4 Å². The number of likely N-dealkylation sites (tertiary alicyclic amines) is 1. The van der Waals surface area contributed by atoms with Crippen LogP contribution in [0.25, 0.3) is 0 Å². The predicted molar refractivity (Wildman–Crippen MR) is 122 cm³/mol. The first kappa shape index (κ1) is 22.1. The number of piperidine rings is 1. The fourth-order valence-corrected chi connectivity index (χ4v) is 4.06. The Labute approximate surface area is 191 Å². The molecule has 1 saturated heterocycles. The summed E-state index contributed by atoms with van der Waals surface area (Å²) >= 11 is 6.04. The number of methoxy groups -OCH3 is 1. The lowest BCUT2D eigenvalue weighted by Gasteiger charge is -2.31. The molecule has 0 spiro atoms. The highest BCUT2D eigenvalue weighted by molar-refractivity contribution is 6.30. The number of amides is 2. The topological polar surface area (TPSA) is 89.1 Å². The molecule has 2 aliphatic rings. The van der Waals surface area contributed by atoms with Gasteiger partial charge in [-0.1, -0.05) is 11.6 Å². The van der Waals surface area contributed by atoms with Gasteiger partial charge in [0.15, 0.2) is 11.5 Å². The lowest BCUT2D eigenvalue weighted by atomic mass is 9.95. The van der Waals surface area contributed by atoms with Crippen LogP contribution in [0, 0.1) is 5.92 Å². The van der Waals surface area contributed by atoms with Gasteiger partial charge in [-0.2, -0.15) is 0 Å². The lowest BCUT2D eigenvalue weighted by Crippen LogP contribution is -2.41. The normalized spacial score (nSPS) is 15.4. The van der Waals surface area contributed by atoms with E-state index in [9.17, 15) is 9.59 Å². The maximum atomic E-state index is 12.6. The minimum absolute atomic E-state index is 0.0364. The fourth-order valence-electron chi connectivity index (χ4n) is 3.89. The third kappa shape index (κ3) is 5.19. The maximum Gasteiger partial charge on any atom is 0.231 e. The van der Waals surface area contributed by atoms with Crippen LogP contribution in [-0.4, -0.2) is 50.3 Å². The first-order valence-electron chi connectivity index (χ1n) is 10.6. The smallest absolute Gasteiger partial charge is 0.231 e. The maximum absolute atomic E-state index is 12.6. The Morgan fingerprint density at radius 3 is 2.69 bits per heavy atom. The Morgan fingerprint density at radius 2 is 1.91 bits per heavy atom. The molecule has 2 aliphatic heterocycles. The van der Waals surface area contributed by atoms with Crippen LogP contribution in [-0.2, 0) is 9.59 Å². The second-order valence-corrected chi connectivity index (χ2v) is 8.17. The van der Waals surface area contributed by atoms with Crippen LogP contribution < -0.4 is 24.8 Å². The van der Waals surface area contributed by atoms with Crippen molar-refractivity contribution >= 4 is 34.8 Å². The second-order valence-electron chi connectivity index (χ2n) is 7.73. The second kappa shape index (κ2) is 9.99. The molecule has 8 nitrogen and oxygen atoms in total. The van der Waals surface area contributed by atoms with Gasteiger partial charge in [-0.15, -0.1) is 0 Å². The Kier molecular flexibility index (Phi) is 6.90. The molecule has 0 bridgehead atoms. The Balaban J connectivity index is 1.21. The molecule has 2 N–H and O–H groups in total. The van der Waals surface area contributed by atoms with E-state index in [4.69, 9.17) is 25.8 Å². The van der Waals surface area contributed by atoms with E-state index in [1.54, 1.807) is 43.5 Å². The van der Waals surface area contributed by atoms with Crippen molar-refractivity contribution < 1.29 is 23.8 Å². The number of anilines is 2. The average molecular weight is 460 g/mol. The van der Waals surface area contributed by atoms with E-state index in [1.165, 1.54) is 0 Å². The molecule has 2 heterocycles. The monoisotopic (exact) mass is 459 g/mol. The molecule has 2 amide bonds. The molecule has 32 heavy (non-hydrogen) atoms. The van der Waals surface area contributed by atoms with E-state index < -0.39 is 0 Å². The number of nitrogens with zero attached hydrogens (tertiary/aromatic N) is 1. The third-order valence-electron chi connectivity index (χ3n) is 5.67. The Bertz CT molecular complexity index is 992. The summed E-state index contributed by atoms with van der Waals surface area (Å²) in [5.41, 5.74) is 1.44. The first-order chi connectivity index (χ1) is 15.5. The van der Waals surface area contributed by atoms with Gasteiger partial charge in [-0.25, -0.2) is 0 Å². The molecule has 0 saturated carbocycles. The molecule has 4 rings (SSSR count). The SMILES string of the molecule is COc1ccc(Cl)cc1NCCC(=O)N1CCC(C(=O)Nc2ccc3c(c2)OCO3)CC1. The van der Waals surface area contributed by atoms with Crippen LogP contribution in [0.3, 0.4) is 0 Å². The van der Waals surface area contributed by atoms with Gasteiger partial charge in [0.05, 0.1) is 12.8 Å². The highest BCUT2D eigenvalue weighted by Gasteiger charge is 2.27. The van der Waals surface area contributed by atoms with Gasteiger partial charge < -0.3 is 29.7 Å². The molecule has 0 aromatic heterocycles. The molecule has 0 aliphatic carbocycles. The van der Waals surface area contributed by atoms with Gasteiger partial charge in [0.2, 0.25) is 18.6 Å². The number of hydrogen-bond donors (Lipinski definition) is 2. The molecule has 9 heteroatoms. The van der Waals surface area contributed by atoms with Crippen LogP contribution in [0.1, 0.15) is 19.3 Å². The molecule has 170 valence electrons. The average Bonchev–Trinajstić information content (AvgIpc) is 3.27. The minimum Gasteiger partial charge on any atom is -0.495 e. The summed E-state index contributed by atoms with van der Waals surface area (Å²) in [4.78, 5) is 27.1. The highest BCUT2D eigenvalue weighted by atomic mass is 35.5. The highest BCUT2D eigenvalue weighted by Crippen LogP contribution is 2.34. The quantitative estimate of drug-likeness (QED) is 0.655. The van der Waals surface area contributed by atoms with E-state index in [0.717, 1.165) is 5.69 Å². The van der Waals surface area contributed by atoms with E-state index >= 15 is 0 Å². The standard InChI is InChI=1S/C23H26ClN3O5/c1-30-19-4-2-16(24)12-18(19)25-9-6-22(28)27-10-7-15(8-11-27)23(29)26-17-3-5-20-21(13-17)32-14-31-20/h2-5,12-13,15,25H,6-11,14H2,1H3,(H,26,29). The van der Waals surface area contributed by atoms with E-state index in [2.05, 4.69) is 10.6 Å². The van der Waals surface area contributed by atoms with Gasteiger partial charge in [-0.3, -0.25) is 9.59 Å².